The van der Waals surface area contributed by atoms with Crippen molar-refractivity contribution in [2.45, 2.75) is 37.8 Å². The minimum absolute atomic E-state index is 0.0433. The predicted octanol–water partition coefficient (Wildman–Crippen LogP) is 4.91. The van der Waals surface area contributed by atoms with Gasteiger partial charge in [0.25, 0.3) is 0 Å². The molecule has 1 amide bonds. The number of benzene rings is 2. The molecule has 2 bridgehead atoms. The van der Waals surface area contributed by atoms with Crippen LogP contribution in [0.5, 0.6) is 11.5 Å². The van der Waals surface area contributed by atoms with Crippen molar-refractivity contribution in [3.8, 4) is 11.5 Å². The lowest BCUT2D eigenvalue weighted by atomic mass is 9.84. The Morgan fingerprint density at radius 3 is 2.33 bits per heavy atom. The zero-order valence-corrected chi connectivity index (χ0v) is 28.6. The summed E-state index contributed by atoms with van der Waals surface area (Å²) in [5, 5.41) is 23.1. The van der Waals surface area contributed by atoms with Gasteiger partial charge in [-0.25, -0.2) is 9.78 Å². The number of anilines is 1. The molecule has 1 N–H and O–H groups in total. The lowest BCUT2D eigenvalue weighted by Crippen LogP contribution is -2.53. The Labute approximate surface area is 294 Å². The number of hydrogen-bond donors (Lipinski definition) is 1. The Bertz CT molecular complexity index is 1810. The van der Waals surface area contributed by atoms with Gasteiger partial charge in [0.15, 0.2) is 11.5 Å². The highest BCUT2D eigenvalue weighted by Gasteiger charge is 2.37. The number of hydrogen-bond acceptors (Lipinski definition) is 9. The molecule has 0 unspecified atom stereocenters. The van der Waals surface area contributed by atoms with Crippen LogP contribution in [0.2, 0.25) is 10.0 Å². The van der Waals surface area contributed by atoms with Gasteiger partial charge in [0, 0.05) is 28.4 Å². The van der Waals surface area contributed by atoms with Gasteiger partial charge in [0.2, 0.25) is 12.4 Å². The Hall–Kier alpha value is -4.58. The van der Waals surface area contributed by atoms with Crippen LogP contribution in [0.1, 0.15) is 51.6 Å². The Morgan fingerprint density at radius 2 is 1.71 bits per heavy atom. The van der Waals surface area contributed by atoms with Crippen LogP contribution in [0.4, 0.5) is 10.5 Å². The summed E-state index contributed by atoms with van der Waals surface area (Å²) < 4.78 is 17.8. The Morgan fingerprint density at radius 1 is 1.02 bits per heavy atom. The molecular formula is C36H36Cl2N4O7. The molecule has 3 saturated heterocycles. The summed E-state index contributed by atoms with van der Waals surface area (Å²) in [6.45, 7) is 2.68. The molecule has 49 heavy (non-hydrogen) atoms. The minimum atomic E-state index is -1.50. The molecule has 0 saturated carbocycles. The molecule has 3 fully saturated rings. The molecule has 3 aliphatic rings. The van der Waals surface area contributed by atoms with Crippen LogP contribution in [-0.2, 0) is 17.7 Å². The maximum Gasteiger partial charge on any atom is 0.414 e. The van der Waals surface area contributed by atoms with Gasteiger partial charge in [0.05, 0.1) is 38.1 Å². The van der Waals surface area contributed by atoms with Crippen LogP contribution >= 0.6 is 23.2 Å². The second-order valence-corrected chi connectivity index (χ2v) is 13.0. The number of methoxy groups -OCH3 is 2. The number of para-hydroxylation sites is 1. The van der Waals surface area contributed by atoms with Crippen molar-refractivity contribution in [2.24, 2.45) is 5.92 Å². The summed E-state index contributed by atoms with van der Waals surface area (Å²) in [6, 6.07) is 17.7. The number of pyridine rings is 2. The summed E-state index contributed by atoms with van der Waals surface area (Å²) in [5.41, 5.74) is 2.07. The second kappa shape index (κ2) is 14.9. The van der Waals surface area contributed by atoms with Crippen molar-refractivity contribution in [3.63, 3.8) is 0 Å². The molecule has 2 aromatic heterocycles. The minimum Gasteiger partial charge on any atom is -0.543 e. The number of carboxylic acids is 1. The van der Waals surface area contributed by atoms with E-state index in [2.05, 4.69) is 9.88 Å². The molecule has 0 aliphatic carbocycles. The second-order valence-electron chi connectivity index (χ2n) is 12.2. The summed E-state index contributed by atoms with van der Waals surface area (Å²) in [4.78, 5) is 34.8. The third-order valence-corrected chi connectivity index (χ3v) is 9.95. The van der Waals surface area contributed by atoms with E-state index in [1.165, 1.54) is 31.5 Å². The molecule has 4 aromatic rings. The highest BCUT2D eigenvalue weighted by atomic mass is 35.5. The number of aromatic nitrogens is 2. The first-order valence-corrected chi connectivity index (χ1v) is 16.7. The average molecular weight is 708 g/mol. The molecule has 13 heteroatoms. The first-order valence-electron chi connectivity index (χ1n) is 15.9. The zero-order valence-electron chi connectivity index (χ0n) is 27.1. The maximum atomic E-state index is 13.7. The largest absolute Gasteiger partial charge is 0.543 e. The number of ether oxygens (including phenoxy) is 3. The van der Waals surface area contributed by atoms with E-state index in [-0.39, 0.29) is 34.8 Å². The van der Waals surface area contributed by atoms with Crippen LogP contribution in [0.15, 0.2) is 73.1 Å². The highest BCUT2D eigenvalue weighted by Crippen LogP contribution is 2.39. The number of aromatic carboxylic acids is 1. The normalized spacial score (nSPS) is 18.8. The van der Waals surface area contributed by atoms with Crippen LogP contribution in [0.3, 0.4) is 0 Å². The van der Waals surface area contributed by atoms with Gasteiger partial charge >= 0.3 is 6.09 Å². The molecule has 0 spiro atoms. The van der Waals surface area contributed by atoms with Gasteiger partial charge in [-0.3, -0.25) is 15.0 Å². The maximum absolute atomic E-state index is 13.7. The summed E-state index contributed by atoms with van der Waals surface area (Å²) in [7, 11) is 3.02. The fourth-order valence-electron chi connectivity index (χ4n) is 6.73. The van der Waals surface area contributed by atoms with E-state index in [1.807, 2.05) is 18.2 Å². The van der Waals surface area contributed by atoms with Crippen molar-refractivity contribution >= 4 is 41.0 Å². The highest BCUT2D eigenvalue weighted by molar-refractivity contribution is 6.35. The van der Waals surface area contributed by atoms with Crippen molar-refractivity contribution in [1.82, 2.24) is 9.88 Å². The number of carboxylic acid groups (broad SMARTS) is 1. The van der Waals surface area contributed by atoms with Crippen molar-refractivity contribution < 1.29 is 38.8 Å². The van der Waals surface area contributed by atoms with Crippen LogP contribution < -0.4 is 24.2 Å². The smallest absolute Gasteiger partial charge is 0.414 e. The van der Waals surface area contributed by atoms with E-state index in [9.17, 15) is 19.9 Å². The number of piperidine rings is 3. The van der Waals surface area contributed by atoms with Crippen molar-refractivity contribution in [2.75, 3.05) is 38.8 Å². The fourth-order valence-corrected chi connectivity index (χ4v) is 7.33. The summed E-state index contributed by atoms with van der Waals surface area (Å²) in [5.74, 6) is -0.922. The topological polar surface area (TPSA) is 128 Å². The van der Waals surface area contributed by atoms with E-state index in [1.54, 1.807) is 42.5 Å². The third-order valence-electron chi connectivity index (χ3n) is 9.30. The number of carbonyl (C=O) groups is 2. The van der Waals surface area contributed by atoms with Crippen molar-refractivity contribution in [1.29, 1.82) is 0 Å². The number of fused-ring (bicyclic) bond motifs is 3. The monoisotopic (exact) mass is 706 g/mol. The van der Waals surface area contributed by atoms with E-state index in [0.717, 1.165) is 30.7 Å². The van der Waals surface area contributed by atoms with Gasteiger partial charge in [-0.05, 0) is 79.7 Å². The van der Waals surface area contributed by atoms with Crippen LogP contribution in [0.25, 0.3) is 0 Å². The molecule has 3 aliphatic heterocycles. The van der Waals surface area contributed by atoms with Gasteiger partial charge in [-0.1, -0.05) is 53.5 Å². The van der Waals surface area contributed by atoms with Crippen LogP contribution in [0, 0.1) is 5.92 Å². The average Bonchev–Trinajstić information content (AvgIpc) is 3.11. The van der Waals surface area contributed by atoms with E-state index in [0.29, 0.717) is 52.0 Å². The number of rotatable bonds is 11. The summed E-state index contributed by atoms with van der Waals surface area (Å²) >= 11 is 13.0. The predicted molar refractivity (Wildman–Crippen MR) is 180 cm³/mol. The van der Waals surface area contributed by atoms with Crippen LogP contribution in [-0.4, -0.2) is 67.1 Å². The quantitative estimate of drug-likeness (QED) is 0.171. The molecule has 11 nitrogen and oxygen atoms in total. The van der Waals surface area contributed by atoms with E-state index in [4.69, 9.17) is 37.4 Å². The summed E-state index contributed by atoms with van der Waals surface area (Å²) in [6.07, 6.45) is 3.96. The zero-order chi connectivity index (χ0) is 34.7. The fraction of sp³-hybridized carbons (Fsp3) is 0.333. The molecule has 5 heterocycles. The molecule has 0 radical (unpaired) electrons. The third kappa shape index (κ3) is 7.54. The van der Waals surface area contributed by atoms with Gasteiger partial charge in [0.1, 0.15) is 16.1 Å². The van der Waals surface area contributed by atoms with Gasteiger partial charge < -0.3 is 24.1 Å². The standard InChI is InChI=1S/C36H36Cl2N4O7/c1-47-31-11-8-23(16-32(31)48-2)27(17-28-29(37)19-41(46)20-30(28)38)26-10-9-24(39-34(26)35(43)44)18-42(25-6-4-3-5-7-25)36(45)49-33-21-40-14-12-22(33)13-15-40/h3-11,16,19-20,22,27,33H,12-15,17-18,21H2,1-2H3,(H-,43,44,46)/t27-,33-/m0/s1. The molecule has 2 atom stereocenters. The molecule has 7 rings (SSSR count). The first-order chi connectivity index (χ1) is 23.6. The van der Waals surface area contributed by atoms with E-state index < -0.39 is 18.0 Å². The van der Waals surface area contributed by atoms with E-state index >= 15 is 0 Å². The lowest BCUT2D eigenvalue weighted by Gasteiger charge is -2.44. The number of halogens is 2. The Balaban J connectivity index is 1.37. The van der Waals surface area contributed by atoms with Crippen molar-refractivity contribution in [3.05, 3.63) is 111 Å². The SMILES string of the molecule is COc1ccc([C@H](Cc2c(Cl)c[n+](O)cc2Cl)c2ccc(CN(C(=O)O[C@H]3CN4CCC3CC4)c3ccccc3)nc2C(=O)[O-])cc1OC. The lowest BCUT2D eigenvalue weighted by molar-refractivity contribution is -0.904. The number of amides is 1. The number of carbonyl (C=O) groups excluding carboxylic acids is 2. The van der Waals surface area contributed by atoms with Gasteiger partial charge in [-0.2, -0.15) is 0 Å². The van der Waals surface area contributed by atoms with Gasteiger partial charge in [-0.15, -0.1) is 0 Å². The molecule has 2 aromatic carbocycles. The Kier molecular flexibility index (Phi) is 10.4. The molecular weight excluding hydrogens is 671 g/mol. The first kappa shape index (κ1) is 34.3. The number of nitrogens with zero attached hydrogens (tertiary/aromatic N) is 4. The molecule has 256 valence electrons.